The third-order valence-corrected chi connectivity index (χ3v) is 5.05. The average molecular weight is 328 g/mol. The topological polar surface area (TPSA) is 54.4 Å². The van der Waals surface area contributed by atoms with E-state index in [9.17, 15) is 14.7 Å². The average Bonchev–Trinajstić information content (AvgIpc) is 2.54. The molecule has 0 heterocycles. The van der Waals surface area contributed by atoms with E-state index in [0.717, 1.165) is 24.7 Å². The van der Waals surface area contributed by atoms with Crippen LogP contribution in [0.15, 0.2) is 48.1 Å². The Balaban J connectivity index is 2.39. The third-order valence-electron chi connectivity index (χ3n) is 5.05. The van der Waals surface area contributed by atoms with Gasteiger partial charge < -0.3 is 5.11 Å². The second kappa shape index (κ2) is 7.02. The van der Waals surface area contributed by atoms with Gasteiger partial charge in [0.1, 0.15) is 12.1 Å². The Bertz CT molecular complexity index is 615. The first-order valence-electron chi connectivity index (χ1n) is 8.60. The lowest BCUT2D eigenvalue weighted by atomic mass is 9.75. The minimum Gasteiger partial charge on any atom is -0.386 e. The molecule has 2 aliphatic rings. The quantitative estimate of drug-likeness (QED) is 0.368. The fourth-order valence-corrected chi connectivity index (χ4v) is 3.75. The van der Waals surface area contributed by atoms with Crippen LogP contribution >= 0.6 is 0 Å². The molecule has 0 aromatic rings. The van der Waals surface area contributed by atoms with E-state index in [1.54, 1.807) is 32.1 Å². The van der Waals surface area contributed by atoms with Gasteiger partial charge in [0.2, 0.25) is 0 Å². The third kappa shape index (κ3) is 4.41. The van der Waals surface area contributed by atoms with Crippen molar-refractivity contribution in [3.05, 3.63) is 48.1 Å². The molecule has 2 aliphatic carbocycles. The monoisotopic (exact) mass is 328 g/mol. The number of rotatable bonds is 4. The number of aliphatic hydroxyl groups is 1. The number of hydrogen-bond donors (Lipinski definition) is 1. The number of carbonyl (C=O) groups is 2. The Labute approximate surface area is 144 Å². The van der Waals surface area contributed by atoms with Crippen LogP contribution in [0.3, 0.4) is 0 Å². The lowest BCUT2D eigenvalue weighted by Crippen LogP contribution is -2.27. The van der Waals surface area contributed by atoms with Crippen LogP contribution in [0.2, 0.25) is 0 Å². The summed E-state index contributed by atoms with van der Waals surface area (Å²) >= 11 is 0. The van der Waals surface area contributed by atoms with Gasteiger partial charge in [-0.25, -0.2) is 0 Å². The summed E-state index contributed by atoms with van der Waals surface area (Å²) in [6.07, 6.45) is 13.1. The van der Waals surface area contributed by atoms with Gasteiger partial charge in [0.15, 0.2) is 0 Å². The molecule has 0 aliphatic heterocycles. The lowest BCUT2D eigenvalue weighted by molar-refractivity contribution is -0.123. The van der Waals surface area contributed by atoms with Crippen LogP contribution in [0.4, 0.5) is 0 Å². The standard InChI is InChI=1S/C21H28O3/c1-15-7-5-11-21(4)12-9-17(19(15)18(23)13-21)16(14-22)8-6-10-20(2,3)24/h5-6,8,10-11,14,17,19,24H,1,7,9,12-13H2,2-4H3/b10-6+,11-5?,16-8-/t17-,19+,21?/m1/s1. The highest BCUT2D eigenvalue weighted by molar-refractivity contribution is 5.88. The van der Waals surface area contributed by atoms with Gasteiger partial charge >= 0.3 is 0 Å². The fraction of sp³-hybridized carbons (Fsp3) is 0.524. The van der Waals surface area contributed by atoms with Gasteiger partial charge in [-0.3, -0.25) is 9.59 Å². The normalized spacial score (nSPS) is 31.9. The predicted octanol–water partition coefficient (Wildman–Crippen LogP) is 3.95. The molecule has 130 valence electrons. The number of hydrogen-bond acceptors (Lipinski definition) is 3. The molecule has 3 atom stereocenters. The van der Waals surface area contributed by atoms with E-state index in [4.69, 9.17) is 0 Å². The molecule has 24 heavy (non-hydrogen) atoms. The van der Waals surface area contributed by atoms with Crippen molar-refractivity contribution in [3.8, 4) is 0 Å². The summed E-state index contributed by atoms with van der Waals surface area (Å²) in [7, 11) is 0. The summed E-state index contributed by atoms with van der Waals surface area (Å²) in [5.74, 6) is -0.229. The summed E-state index contributed by atoms with van der Waals surface area (Å²) in [6, 6.07) is 0. The molecular weight excluding hydrogens is 300 g/mol. The fourth-order valence-electron chi connectivity index (χ4n) is 3.75. The molecule has 0 aromatic carbocycles. The van der Waals surface area contributed by atoms with Gasteiger partial charge in [-0.05, 0) is 44.1 Å². The van der Waals surface area contributed by atoms with E-state index in [1.807, 2.05) is 0 Å². The Morgan fingerprint density at radius 1 is 1.46 bits per heavy atom. The summed E-state index contributed by atoms with van der Waals surface area (Å²) in [4.78, 5) is 24.5. The highest BCUT2D eigenvalue weighted by Gasteiger charge is 2.41. The minimum atomic E-state index is -0.932. The summed E-state index contributed by atoms with van der Waals surface area (Å²) < 4.78 is 0. The van der Waals surface area contributed by atoms with Crippen molar-refractivity contribution in [2.75, 3.05) is 0 Å². The Morgan fingerprint density at radius 3 is 2.79 bits per heavy atom. The van der Waals surface area contributed by atoms with Gasteiger partial charge in [0, 0.05) is 18.3 Å². The van der Waals surface area contributed by atoms with Crippen molar-refractivity contribution >= 4 is 12.1 Å². The van der Waals surface area contributed by atoms with Crippen molar-refractivity contribution in [2.24, 2.45) is 17.3 Å². The Morgan fingerprint density at radius 2 is 2.17 bits per heavy atom. The van der Waals surface area contributed by atoms with Crippen molar-refractivity contribution in [3.63, 3.8) is 0 Å². The van der Waals surface area contributed by atoms with E-state index in [2.05, 4.69) is 25.7 Å². The van der Waals surface area contributed by atoms with Crippen LogP contribution in [-0.2, 0) is 9.59 Å². The van der Waals surface area contributed by atoms with E-state index >= 15 is 0 Å². The van der Waals surface area contributed by atoms with E-state index in [0.29, 0.717) is 18.4 Å². The maximum absolute atomic E-state index is 12.8. The molecule has 2 bridgehead atoms. The van der Waals surface area contributed by atoms with E-state index < -0.39 is 5.60 Å². The van der Waals surface area contributed by atoms with Crippen molar-refractivity contribution in [1.29, 1.82) is 0 Å². The van der Waals surface area contributed by atoms with Crippen molar-refractivity contribution in [1.82, 2.24) is 0 Å². The van der Waals surface area contributed by atoms with Crippen LogP contribution in [0, 0.1) is 17.3 Å². The van der Waals surface area contributed by atoms with Crippen molar-refractivity contribution < 1.29 is 14.7 Å². The molecule has 0 radical (unpaired) electrons. The van der Waals surface area contributed by atoms with E-state index in [-0.39, 0.29) is 23.0 Å². The summed E-state index contributed by atoms with van der Waals surface area (Å²) in [5, 5.41) is 9.77. The second-order valence-electron chi connectivity index (χ2n) is 7.98. The van der Waals surface area contributed by atoms with Crippen molar-refractivity contribution in [2.45, 2.75) is 52.1 Å². The maximum Gasteiger partial charge on any atom is 0.146 e. The molecule has 3 nitrogen and oxygen atoms in total. The van der Waals surface area contributed by atoms with E-state index in [1.165, 1.54) is 0 Å². The molecule has 1 unspecified atom stereocenters. The number of ketones is 1. The van der Waals surface area contributed by atoms with Gasteiger partial charge in [0.05, 0.1) is 5.60 Å². The SMILES string of the molecule is C=C1CC=CC2(C)CC[C@H](/C(C=O)=C\C=C\C(C)(C)O)[C@H]1C(=O)C2. The lowest BCUT2D eigenvalue weighted by Gasteiger charge is -2.27. The highest BCUT2D eigenvalue weighted by Crippen LogP contribution is 2.45. The Hall–Kier alpha value is -1.74. The molecule has 3 heteroatoms. The maximum atomic E-state index is 12.8. The largest absolute Gasteiger partial charge is 0.386 e. The zero-order valence-corrected chi connectivity index (χ0v) is 14.9. The summed E-state index contributed by atoms with van der Waals surface area (Å²) in [6.45, 7) is 9.60. The highest BCUT2D eigenvalue weighted by atomic mass is 16.3. The summed E-state index contributed by atoms with van der Waals surface area (Å²) in [5.41, 5.74) is 0.449. The van der Waals surface area contributed by atoms with Crippen LogP contribution in [0.25, 0.3) is 0 Å². The molecule has 0 aromatic heterocycles. The number of aldehydes is 1. The predicted molar refractivity (Wildman–Crippen MR) is 96.4 cm³/mol. The molecule has 1 saturated carbocycles. The zero-order chi connectivity index (χ0) is 18.0. The molecule has 2 rings (SSSR count). The molecule has 0 spiro atoms. The van der Waals surface area contributed by atoms with Crippen LogP contribution in [0.1, 0.15) is 46.5 Å². The van der Waals surface area contributed by atoms with Gasteiger partial charge in [-0.2, -0.15) is 0 Å². The van der Waals surface area contributed by atoms with Gasteiger partial charge in [0.25, 0.3) is 0 Å². The minimum absolute atomic E-state index is 0.123. The van der Waals surface area contributed by atoms with Gasteiger partial charge in [-0.1, -0.05) is 49.5 Å². The number of allylic oxidation sites excluding steroid dienone is 6. The Kier molecular flexibility index (Phi) is 5.44. The van der Waals surface area contributed by atoms with Crippen LogP contribution in [0.5, 0.6) is 0 Å². The van der Waals surface area contributed by atoms with Crippen LogP contribution in [-0.4, -0.2) is 22.8 Å². The molecular formula is C21H28O3. The molecule has 1 N–H and O–H groups in total. The first-order valence-corrected chi connectivity index (χ1v) is 8.60. The van der Waals surface area contributed by atoms with Crippen LogP contribution < -0.4 is 0 Å². The molecule has 0 saturated heterocycles. The first kappa shape index (κ1) is 18.6. The number of fused-ring (bicyclic) bond motifs is 3. The number of carbonyl (C=O) groups excluding carboxylic acids is 2. The first-order chi connectivity index (χ1) is 11.2. The van der Waals surface area contributed by atoms with Gasteiger partial charge in [-0.15, -0.1) is 0 Å². The zero-order valence-electron chi connectivity index (χ0n) is 14.9. The molecule has 0 amide bonds. The second-order valence-corrected chi connectivity index (χ2v) is 7.98. The smallest absolute Gasteiger partial charge is 0.146 e. The molecule has 1 fully saturated rings. The number of Topliss-reactive ketones (excluding diaryl/α,β-unsaturated/α-hetero) is 1.